The number of nitrogens with two attached hydrogens (primary N) is 1. The van der Waals surface area contributed by atoms with Gasteiger partial charge in [0, 0.05) is 18.0 Å². The number of rotatable bonds is 3. The fraction of sp³-hybridized carbons (Fsp3) is 0.182. The summed E-state index contributed by atoms with van der Waals surface area (Å²) in [4.78, 5) is 4.10. The van der Waals surface area contributed by atoms with Gasteiger partial charge in [-0.3, -0.25) is 9.67 Å². The van der Waals surface area contributed by atoms with Crippen molar-refractivity contribution in [1.82, 2.24) is 14.8 Å². The molecule has 0 saturated carbocycles. The van der Waals surface area contributed by atoms with E-state index in [0.29, 0.717) is 11.3 Å². The zero-order valence-electron chi connectivity index (χ0n) is 9.55. The first kappa shape index (κ1) is 13.5. The molecule has 0 aliphatic carbocycles. The summed E-state index contributed by atoms with van der Waals surface area (Å²) in [5, 5.41) is 3.66. The Labute approximate surface area is 112 Å². The molecule has 0 spiro atoms. The Kier molecular flexibility index (Phi) is 3.52. The molecule has 4 nitrogen and oxygen atoms in total. The van der Waals surface area contributed by atoms with Gasteiger partial charge in [0.05, 0.1) is 18.3 Å². The van der Waals surface area contributed by atoms with Crippen molar-refractivity contribution in [2.75, 3.05) is 0 Å². The third-order valence-electron chi connectivity index (χ3n) is 2.42. The van der Waals surface area contributed by atoms with Crippen molar-refractivity contribution < 1.29 is 13.2 Å². The Morgan fingerprint density at radius 3 is 2.74 bits per heavy atom. The van der Waals surface area contributed by atoms with Crippen LogP contribution in [0.3, 0.4) is 0 Å². The highest BCUT2D eigenvalue weighted by Crippen LogP contribution is 2.28. The summed E-state index contributed by atoms with van der Waals surface area (Å²) in [6.07, 6.45) is -1.19. The first-order valence-corrected chi connectivity index (χ1v) is 5.62. The van der Waals surface area contributed by atoms with Gasteiger partial charge in [-0.1, -0.05) is 18.3 Å². The quantitative estimate of drug-likeness (QED) is 0.877. The molecular weight excluding hydrogens is 277 g/mol. The van der Waals surface area contributed by atoms with Gasteiger partial charge < -0.3 is 5.73 Å². The van der Waals surface area contributed by atoms with Gasteiger partial charge in [-0.2, -0.15) is 18.3 Å². The number of nitrogens with zero attached hydrogens (tertiary/aromatic N) is 3. The monoisotopic (exact) mass is 286 g/mol. The minimum atomic E-state index is -4.40. The van der Waals surface area contributed by atoms with Crippen LogP contribution in [0.5, 0.6) is 0 Å². The molecule has 0 unspecified atom stereocenters. The summed E-state index contributed by atoms with van der Waals surface area (Å²) in [5.74, 6) is 0. The number of halogens is 3. The maximum Gasteiger partial charge on any atom is 0.419 e. The van der Waals surface area contributed by atoms with E-state index in [2.05, 4.69) is 10.1 Å². The minimum absolute atomic E-state index is 0.0961. The van der Waals surface area contributed by atoms with Crippen molar-refractivity contribution >= 4 is 17.2 Å². The molecule has 2 rings (SSSR count). The zero-order valence-corrected chi connectivity index (χ0v) is 10.4. The predicted molar refractivity (Wildman–Crippen MR) is 66.5 cm³/mol. The van der Waals surface area contributed by atoms with E-state index in [1.54, 1.807) is 12.1 Å². The van der Waals surface area contributed by atoms with Crippen molar-refractivity contribution in [2.24, 2.45) is 5.73 Å². The van der Waals surface area contributed by atoms with Crippen LogP contribution in [-0.2, 0) is 12.7 Å². The molecule has 19 heavy (non-hydrogen) atoms. The fourth-order valence-electron chi connectivity index (χ4n) is 1.56. The van der Waals surface area contributed by atoms with Gasteiger partial charge in [0.1, 0.15) is 10.7 Å². The molecule has 2 aromatic rings. The van der Waals surface area contributed by atoms with Crippen LogP contribution in [0.2, 0.25) is 0 Å². The van der Waals surface area contributed by atoms with Crippen LogP contribution in [0, 0.1) is 0 Å². The van der Waals surface area contributed by atoms with Gasteiger partial charge in [0.2, 0.25) is 0 Å². The van der Waals surface area contributed by atoms with E-state index in [0.717, 1.165) is 12.4 Å². The molecule has 0 amide bonds. The lowest BCUT2D eigenvalue weighted by Crippen LogP contribution is -2.16. The summed E-state index contributed by atoms with van der Waals surface area (Å²) >= 11 is 4.84. The van der Waals surface area contributed by atoms with E-state index in [4.69, 9.17) is 18.0 Å². The molecule has 0 radical (unpaired) electrons. The van der Waals surface area contributed by atoms with E-state index < -0.39 is 11.7 Å². The standard InChI is InChI=1S/C11H9F3N4S/c12-11(13,14)8-4-17-18(6-8)5-7-2-1-3-16-9(7)10(15)19/h1-4,6H,5H2,(H2,15,19). The van der Waals surface area contributed by atoms with E-state index in [-0.39, 0.29) is 11.5 Å². The van der Waals surface area contributed by atoms with Crippen molar-refractivity contribution in [1.29, 1.82) is 0 Å². The lowest BCUT2D eigenvalue weighted by Gasteiger charge is -2.07. The molecule has 0 saturated heterocycles. The number of aromatic nitrogens is 3. The lowest BCUT2D eigenvalue weighted by molar-refractivity contribution is -0.137. The number of thiocarbonyl (C=S) groups is 1. The number of hydrogen-bond acceptors (Lipinski definition) is 3. The third-order valence-corrected chi connectivity index (χ3v) is 2.61. The number of hydrogen-bond donors (Lipinski definition) is 1. The maximum absolute atomic E-state index is 12.4. The second kappa shape index (κ2) is 4.96. The van der Waals surface area contributed by atoms with Crippen LogP contribution in [0.1, 0.15) is 16.8 Å². The highest BCUT2D eigenvalue weighted by molar-refractivity contribution is 7.80. The van der Waals surface area contributed by atoms with Crippen molar-refractivity contribution in [3.63, 3.8) is 0 Å². The zero-order chi connectivity index (χ0) is 14.0. The number of pyridine rings is 1. The van der Waals surface area contributed by atoms with Gasteiger partial charge in [-0.15, -0.1) is 0 Å². The van der Waals surface area contributed by atoms with Crippen LogP contribution >= 0.6 is 12.2 Å². The summed E-state index contributed by atoms with van der Waals surface area (Å²) in [6, 6.07) is 3.35. The average molecular weight is 286 g/mol. The molecule has 0 aliphatic rings. The lowest BCUT2D eigenvalue weighted by atomic mass is 10.2. The summed E-state index contributed by atoms with van der Waals surface area (Å²) in [5.41, 5.74) is 5.71. The number of alkyl halides is 3. The van der Waals surface area contributed by atoms with Gasteiger partial charge >= 0.3 is 6.18 Å². The van der Waals surface area contributed by atoms with Gasteiger partial charge in [-0.25, -0.2) is 0 Å². The van der Waals surface area contributed by atoms with Crippen LogP contribution < -0.4 is 5.73 Å². The third kappa shape index (κ3) is 3.08. The Hall–Kier alpha value is -1.96. The van der Waals surface area contributed by atoms with Crippen molar-refractivity contribution in [3.05, 3.63) is 47.5 Å². The van der Waals surface area contributed by atoms with E-state index in [1.165, 1.54) is 10.9 Å². The molecule has 0 bridgehead atoms. The minimum Gasteiger partial charge on any atom is -0.388 e. The van der Waals surface area contributed by atoms with Crippen LogP contribution in [-0.4, -0.2) is 19.8 Å². The molecule has 100 valence electrons. The van der Waals surface area contributed by atoms with Crippen molar-refractivity contribution in [3.8, 4) is 0 Å². The molecule has 0 fully saturated rings. The highest BCUT2D eigenvalue weighted by atomic mass is 32.1. The van der Waals surface area contributed by atoms with E-state index in [1.807, 2.05) is 0 Å². The van der Waals surface area contributed by atoms with E-state index in [9.17, 15) is 13.2 Å². The summed E-state index contributed by atoms with van der Waals surface area (Å²) in [6.45, 7) is 0.122. The van der Waals surface area contributed by atoms with Gasteiger partial charge in [0.25, 0.3) is 0 Å². The molecule has 2 N–H and O–H groups in total. The highest BCUT2D eigenvalue weighted by Gasteiger charge is 2.32. The Bertz CT molecular complexity index is 606. The fourth-order valence-corrected chi connectivity index (χ4v) is 1.74. The molecular formula is C11H9F3N4S. The van der Waals surface area contributed by atoms with E-state index >= 15 is 0 Å². The maximum atomic E-state index is 12.4. The Morgan fingerprint density at radius 1 is 1.42 bits per heavy atom. The molecule has 0 aliphatic heterocycles. The predicted octanol–water partition coefficient (Wildman–Crippen LogP) is 1.98. The van der Waals surface area contributed by atoms with Gasteiger partial charge in [-0.05, 0) is 6.07 Å². The Balaban J connectivity index is 2.27. The molecule has 8 heteroatoms. The smallest absolute Gasteiger partial charge is 0.388 e. The van der Waals surface area contributed by atoms with Crippen LogP contribution in [0.15, 0.2) is 30.7 Å². The molecule has 0 aromatic carbocycles. The van der Waals surface area contributed by atoms with Crippen molar-refractivity contribution in [2.45, 2.75) is 12.7 Å². The summed E-state index contributed by atoms with van der Waals surface area (Å²) in [7, 11) is 0. The van der Waals surface area contributed by atoms with Crippen LogP contribution in [0.25, 0.3) is 0 Å². The van der Waals surface area contributed by atoms with Gasteiger partial charge in [0.15, 0.2) is 0 Å². The summed E-state index contributed by atoms with van der Waals surface area (Å²) < 4.78 is 38.5. The van der Waals surface area contributed by atoms with Crippen LogP contribution in [0.4, 0.5) is 13.2 Å². The largest absolute Gasteiger partial charge is 0.419 e. The normalized spacial score (nSPS) is 11.5. The first-order chi connectivity index (χ1) is 8.88. The SMILES string of the molecule is NC(=S)c1ncccc1Cn1cc(C(F)(F)F)cn1. The first-order valence-electron chi connectivity index (χ1n) is 5.21. The average Bonchev–Trinajstić information content (AvgIpc) is 2.77. The Morgan fingerprint density at radius 2 is 2.16 bits per heavy atom. The second-order valence-electron chi connectivity index (χ2n) is 3.80. The second-order valence-corrected chi connectivity index (χ2v) is 4.24. The molecule has 0 atom stereocenters. The molecule has 2 aromatic heterocycles. The topological polar surface area (TPSA) is 56.7 Å². The molecule has 2 heterocycles.